The van der Waals surface area contributed by atoms with Crippen molar-refractivity contribution in [3.05, 3.63) is 42.5 Å². The van der Waals surface area contributed by atoms with Crippen molar-refractivity contribution in [2.45, 2.75) is 6.54 Å². The van der Waals surface area contributed by atoms with Crippen LogP contribution in [0.5, 0.6) is 5.75 Å². The van der Waals surface area contributed by atoms with E-state index in [1.807, 2.05) is 12.1 Å². The van der Waals surface area contributed by atoms with Crippen molar-refractivity contribution in [3.8, 4) is 5.75 Å². The van der Waals surface area contributed by atoms with E-state index in [0.29, 0.717) is 13.2 Å². The van der Waals surface area contributed by atoms with Gasteiger partial charge in [-0.2, -0.15) is 0 Å². The van der Waals surface area contributed by atoms with Crippen molar-refractivity contribution in [3.63, 3.8) is 0 Å². The number of nitrogens with two attached hydrogens (primary N) is 1. The van der Waals surface area contributed by atoms with Crippen molar-refractivity contribution in [1.82, 2.24) is 0 Å². The molecule has 0 heterocycles. The summed E-state index contributed by atoms with van der Waals surface area (Å²) in [6.45, 7) is 4.53. The third kappa shape index (κ3) is 2.10. The molecule has 2 heteroatoms. The average molecular weight is 162 g/mol. The van der Waals surface area contributed by atoms with Crippen LogP contribution >= 0.6 is 0 Å². The van der Waals surface area contributed by atoms with Gasteiger partial charge in [0.15, 0.2) is 0 Å². The maximum atomic E-state index is 5.50. The molecule has 0 spiro atoms. The Bertz CT molecular complexity index is 258. The molecule has 0 aliphatic carbocycles. The number of hydrogen-bond acceptors (Lipinski definition) is 2. The molecule has 0 aliphatic rings. The Morgan fingerprint density at radius 3 is 3.17 bits per heavy atom. The lowest BCUT2D eigenvalue weighted by Gasteiger charge is -2.06. The molecule has 0 amide bonds. The minimum atomic E-state index is 0.476. The number of para-hydroxylation sites is 1. The summed E-state index contributed by atoms with van der Waals surface area (Å²) in [7, 11) is 0. The standard InChI is InChI=1S/C10H12NO/c1-2-7-12-10-6-4-3-5-9(10)8-11/h2-5H,1,7-8,11H2. The van der Waals surface area contributed by atoms with Crippen LogP contribution in [-0.2, 0) is 6.54 Å². The normalized spacial score (nSPS) is 9.42. The first-order valence-corrected chi connectivity index (χ1v) is 3.82. The molecule has 2 N–H and O–H groups in total. The Morgan fingerprint density at radius 1 is 1.67 bits per heavy atom. The van der Waals surface area contributed by atoms with Crippen LogP contribution in [0.3, 0.4) is 0 Å². The first kappa shape index (κ1) is 8.81. The summed E-state index contributed by atoms with van der Waals surface area (Å²) in [5.41, 5.74) is 6.47. The minimum Gasteiger partial charge on any atom is -0.489 e. The van der Waals surface area contributed by atoms with E-state index < -0.39 is 0 Å². The molecule has 12 heavy (non-hydrogen) atoms. The summed E-state index contributed by atoms with van der Waals surface area (Å²) < 4.78 is 5.32. The van der Waals surface area contributed by atoms with E-state index in [-0.39, 0.29) is 0 Å². The Morgan fingerprint density at radius 2 is 2.50 bits per heavy atom. The van der Waals surface area contributed by atoms with Gasteiger partial charge in [0, 0.05) is 18.2 Å². The highest BCUT2D eigenvalue weighted by Gasteiger charge is 1.98. The molecule has 0 bridgehead atoms. The zero-order chi connectivity index (χ0) is 8.81. The lowest BCUT2D eigenvalue weighted by Crippen LogP contribution is -2.01. The van der Waals surface area contributed by atoms with Gasteiger partial charge in [0.05, 0.1) is 0 Å². The Hall–Kier alpha value is -1.28. The molecule has 1 radical (unpaired) electrons. The molecule has 63 valence electrons. The molecule has 0 aliphatic heterocycles. The van der Waals surface area contributed by atoms with E-state index in [9.17, 15) is 0 Å². The van der Waals surface area contributed by atoms with Crippen molar-refractivity contribution < 1.29 is 4.74 Å². The van der Waals surface area contributed by atoms with Crippen molar-refractivity contribution in [1.29, 1.82) is 0 Å². The lowest BCUT2D eigenvalue weighted by molar-refractivity contribution is 0.358. The lowest BCUT2D eigenvalue weighted by atomic mass is 10.2. The van der Waals surface area contributed by atoms with Gasteiger partial charge >= 0.3 is 0 Å². The fourth-order valence-corrected chi connectivity index (χ4v) is 0.894. The quantitative estimate of drug-likeness (QED) is 0.681. The average Bonchev–Trinajstić information content (AvgIpc) is 2.15. The molecular formula is C10H12NO. The molecule has 0 aromatic heterocycles. The fraction of sp³-hybridized carbons (Fsp3) is 0.200. The van der Waals surface area contributed by atoms with Crippen LogP contribution in [0, 0.1) is 6.07 Å². The number of benzene rings is 1. The fourth-order valence-electron chi connectivity index (χ4n) is 0.894. The number of rotatable bonds is 4. The summed E-state index contributed by atoms with van der Waals surface area (Å²) in [6, 6.07) is 8.59. The summed E-state index contributed by atoms with van der Waals surface area (Å²) >= 11 is 0. The Labute approximate surface area is 72.7 Å². The highest BCUT2D eigenvalue weighted by atomic mass is 16.5. The molecule has 2 nitrogen and oxygen atoms in total. The molecule has 1 aromatic rings. The SMILES string of the molecule is C=CCOc1[c]cccc1CN. The highest BCUT2D eigenvalue weighted by molar-refractivity contribution is 5.31. The predicted octanol–water partition coefficient (Wildman–Crippen LogP) is 1.51. The van der Waals surface area contributed by atoms with Crippen molar-refractivity contribution in [2.24, 2.45) is 5.73 Å². The minimum absolute atomic E-state index is 0.476. The first-order chi connectivity index (χ1) is 5.88. The Balaban J connectivity index is 2.74. The molecule has 1 aromatic carbocycles. The van der Waals surface area contributed by atoms with E-state index in [0.717, 1.165) is 11.3 Å². The summed E-state index contributed by atoms with van der Waals surface area (Å²) in [5, 5.41) is 0. The van der Waals surface area contributed by atoms with Crippen LogP contribution in [0.25, 0.3) is 0 Å². The number of ether oxygens (including phenoxy) is 1. The van der Waals surface area contributed by atoms with E-state index >= 15 is 0 Å². The Kier molecular flexibility index (Phi) is 3.35. The zero-order valence-electron chi connectivity index (χ0n) is 6.92. The summed E-state index contributed by atoms with van der Waals surface area (Å²) in [4.78, 5) is 0. The second kappa shape index (κ2) is 4.57. The van der Waals surface area contributed by atoms with E-state index in [1.54, 1.807) is 12.1 Å². The number of hydrogen-bond donors (Lipinski definition) is 1. The molecular weight excluding hydrogens is 150 g/mol. The van der Waals surface area contributed by atoms with Crippen molar-refractivity contribution in [2.75, 3.05) is 6.61 Å². The molecule has 0 fully saturated rings. The van der Waals surface area contributed by atoms with Gasteiger partial charge < -0.3 is 10.5 Å². The van der Waals surface area contributed by atoms with Gasteiger partial charge in [-0.3, -0.25) is 0 Å². The van der Waals surface area contributed by atoms with E-state index in [4.69, 9.17) is 10.5 Å². The topological polar surface area (TPSA) is 35.2 Å². The third-order valence-electron chi connectivity index (χ3n) is 1.47. The van der Waals surface area contributed by atoms with Gasteiger partial charge in [0.25, 0.3) is 0 Å². The van der Waals surface area contributed by atoms with Crippen LogP contribution in [-0.4, -0.2) is 6.61 Å². The van der Waals surface area contributed by atoms with Crippen LogP contribution in [0.4, 0.5) is 0 Å². The van der Waals surface area contributed by atoms with Gasteiger partial charge in [0.2, 0.25) is 0 Å². The van der Waals surface area contributed by atoms with Gasteiger partial charge in [0.1, 0.15) is 12.4 Å². The van der Waals surface area contributed by atoms with Crippen LogP contribution < -0.4 is 10.5 Å². The van der Waals surface area contributed by atoms with E-state index in [1.165, 1.54) is 0 Å². The maximum Gasteiger partial charge on any atom is 0.132 e. The zero-order valence-corrected chi connectivity index (χ0v) is 6.92. The monoisotopic (exact) mass is 162 g/mol. The van der Waals surface area contributed by atoms with Gasteiger partial charge in [-0.25, -0.2) is 0 Å². The molecule has 0 saturated heterocycles. The largest absolute Gasteiger partial charge is 0.489 e. The van der Waals surface area contributed by atoms with Crippen LogP contribution in [0.1, 0.15) is 5.56 Å². The maximum absolute atomic E-state index is 5.50. The van der Waals surface area contributed by atoms with Gasteiger partial charge in [-0.1, -0.05) is 30.9 Å². The molecule has 1 rings (SSSR count). The predicted molar refractivity (Wildman–Crippen MR) is 48.9 cm³/mol. The third-order valence-corrected chi connectivity index (χ3v) is 1.47. The smallest absolute Gasteiger partial charge is 0.132 e. The molecule has 0 unspecified atom stereocenters. The summed E-state index contributed by atoms with van der Waals surface area (Å²) in [6.07, 6.45) is 1.70. The van der Waals surface area contributed by atoms with Crippen molar-refractivity contribution >= 4 is 0 Å². The highest BCUT2D eigenvalue weighted by Crippen LogP contribution is 2.15. The first-order valence-electron chi connectivity index (χ1n) is 3.82. The van der Waals surface area contributed by atoms with Gasteiger partial charge in [-0.15, -0.1) is 0 Å². The molecule has 0 atom stereocenters. The van der Waals surface area contributed by atoms with Gasteiger partial charge in [-0.05, 0) is 0 Å². The second-order valence-electron chi connectivity index (χ2n) is 2.33. The van der Waals surface area contributed by atoms with Crippen LogP contribution in [0.15, 0.2) is 30.9 Å². The van der Waals surface area contributed by atoms with Crippen LogP contribution in [0.2, 0.25) is 0 Å². The second-order valence-corrected chi connectivity index (χ2v) is 2.33. The summed E-state index contributed by atoms with van der Waals surface area (Å²) in [5.74, 6) is 0.722. The molecule has 0 saturated carbocycles. The van der Waals surface area contributed by atoms with E-state index in [2.05, 4.69) is 12.6 Å².